The van der Waals surface area contributed by atoms with E-state index in [4.69, 9.17) is 0 Å². The van der Waals surface area contributed by atoms with E-state index in [1.54, 1.807) is 6.92 Å². The summed E-state index contributed by atoms with van der Waals surface area (Å²) >= 11 is 0. The number of para-hydroxylation sites is 1. The molecule has 7 heteroatoms. The van der Waals surface area contributed by atoms with Crippen LogP contribution >= 0.6 is 0 Å². The second-order valence-corrected chi connectivity index (χ2v) is 6.58. The third kappa shape index (κ3) is 2.84. The van der Waals surface area contributed by atoms with Crippen LogP contribution in [0.1, 0.15) is 11.4 Å². The molecule has 1 aromatic carbocycles. The van der Waals surface area contributed by atoms with Gasteiger partial charge in [0.15, 0.2) is 5.03 Å². The first-order chi connectivity index (χ1) is 10.1. The van der Waals surface area contributed by atoms with Crippen LogP contribution in [-0.2, 0) is 16.4 Å². The Morgan fingerprint density at radius 3 is 2.86 bits per heavy atom. The molecule has 0 radical (unpaired) electrons. The standard InChI is InChI=1S/C14H16N4O2S/c1-10-15-9-14(18-10)21(19,20)17-7-6-11-8-16-13-5-3-2-4-12(11)13/h2-5,8-9,16-17H,6-7H2,1H3,(H,15,18). The topological polar surface area (TPSA) is 90.6 Å². The first-order valence-corrected chi connectivity index (χ1v) is 8.11. The summed E-state index contributed by atoms with van der Waals surface area (Å²) in [6.07, 6.45) is 3.86. The van der Waals surface area contributed by atoms with E-state index in [9.17, 15) is 8.42 Å². The minimum atomic E-state index is -3.52. The number of H-pyrrole nitrogens is 2. The maximum atomic E-state index is 12.0. The van der Waals surface area contributed by atoms with Crippen LogP contribution in [0.25, 0.3) is 10.9 Å². The fraction of sp³-hybridized carbons (Fsp3) is 0.214. The van der Waals surface area contributed by atoms with Gasteiger partial charge in [0.1, 0.15) is 5.82 Å². The maximum Gasteiger partial charge on any atom is 0.257 e. The van der Waals surface area contributed by atoms with Crippen molar-refractivity contribution in [2.45, 2.75) is 18.4 Å². The lowest BCUT2D eigenvalue weighted by molar-refractivity contribution is 0.578. The summed E-state index contributed by atoms with van der Waals surface area (Å²) in [5.41, 5.74) is 2.15. The highest BCUT2D eigenvalue weighted by Gasteiger charge is 2.16. The van der Waals surface area contributed by atoms with Gasteiger partial charge in [-0.3, -0.25) is 0 Å². The molecule has 110 valence electrons. The third-order valence-electron chi connectivity index (χ3n) is 3.33. The Morgan fingerprint density at radius 2 is 2.10 bits per heavy atom. The van der Waals surface area contributed by atoms with Gasteiger partial charge < -0.3 is 9.97 Å². The number of aromatic nitrogens is 3. The smallest absolute Gasteiger partial charge is 0.257 e. The zero-order chi connectivity index (χ0) is 14.9. The van der Waals surface area contributed by atoms with Gasteiger partial charge in [0, 0.05) is 23.6 Å². The summed E-state index contributed by atoms with van der Waals surface area (Å²) in [7, 11) is -3.52. The number of imidazole rings is 1. The second-order valence-electron chi connectivity index (χ2n) is 4.84. The maximum absolute atomic E-state index is 12.0. The zero-order valence-corrected chi connectivity index (χ0v) is 12.4. The summed E-state index contributed by atoms with van der Waals surface area (Å²) in [5.74, 6) is 0.576. The van der Waals surface area contributed by atoms with Crippen LogP contribution in [0.3, 0.4) is 0 Å². The van der Waals surface area contributed by atoms with E-state index in [-0.39, 0.29) is 5.03 Å². The molecule has 6 nitrogen and oxygen atoms in total. The Hall–Kier alpha value is -2.12. The van der Waals surface area contributed by atoms with Crippen molar-refractivity contribution < 1.29 is 8.42 Å². The molecule has 0 aliphatic rings. The number of hydrogen-bond acceptors (Lipinski definition) is 3. The van der Waals surface area contributed by atoms with Crippen molar-refractivity contribution >= 4 is 20.9 Å². The van der Waals surface area contributed by atoms with Gasteiger partial charge in [-0.15, -0.1) is 0 Å². The van der Waals surface area contributed by atoms with Gasteiger partial charge >= 0.3 is 0 Å². The van der Waals surface area contributed by atoms with E-state index in [0.29, 0.717) is 18.8 Å². The summed E-state index contributed by atoms with van der Waals surface area (Å²) < 4.78 is 26.7. The largest absolute Gasteiger partial charge is 0.361 e. The Morgan fingerprint density at radius 1 is 1.29 bits per heavy atom. The number of benzene rings is 1. The van der Waals surface area contributed by atoms with Crippen LogP contribution in [-0.4, -0.2) is 29.9 Å². The number of nitrogens with zero attached hydrogens (tertiary/aromatic N) is 1. The average Bonchev–Trinajstić information content (AvgIpc) is 3.06. The minimum absolute atomic E-state index is 0.0962. The number of hydrogen-bond donors (Lipinski definition) is 3. The Bertz CT molecular complexity index is 864. The normalized spacial score (nSPS) is 12.0. The summed E-state index contributed by atoms with van der Waals surface area (Å²) in [5, 5.41) is 1.22. The molecule has 2 heterocycles. The zero-order valence-electron chi connectivity index (χ0n) is 11.6. The van der Waals surface area contributed by atoms with E-state index >= 15 is 0 Å². The van der Waals surface area contributed by atoms with Gasteiger partial charge in [-0.05, 0) is 25.0 Å². The van der Waals surface area contributed by atoms with Gasteiger partial charge in [0.2, 0.25) is 0 Å². The summed E-state index contributed by atoms with van der Waals surface area (Å²) in [6, 6.07) is 7.95. The molecular formula is C14H16N4O2S. The molecule has 0 saturated heterocycles. The molecule has 0 spiro atoms. The van der Waals surface area contributed by atoms with Crippen LogP contribution in [0.15, 0.2) is 41.7 Å². The van der Waals surface area contributed by atoms with Crippen molar-refractivity contribution in [2.75, 3.05) is 6.54 Å². The first kappa shape index (κ1) is 13.8. The molecule has 0 saturated carbocycles. The van der Waals surface area contributed by atoms with Gasteiger partial charge in [0.05, 0.1) is 6.20 Å². The van der Waals surface area contributed by atoms with Gasteiger partial charge in [0.25, 0.3) is 10.0 Å². The second kappa shape index (κ2) is 5.34. The van der Waals surface area contributed by atoms with Crippen molar-refractivity contribution in [3.8, 4) is 0 Å². The van der Waals surface area contributed by atoms with Crippen LogP contribution < -0.4 is 4.72 Å². The van der Waals surface area contributed by atoms with Crippen LogP contribution in [0.2, 0.25) is 0 Å². The van der Waals surface area contributed by atoms with Gasteiger partial charge in [-0.2, -0.15) is 0 Å². The van der Waals surface area contributed by atoms with Crippen molar-refractivity contribution in [3.05, 3.63) is 48.0 Å². The highest BCUT2D eigenvalue weighted by molar-refractivity contribution is 7.89. The van der Waals surface area contributed by atoms with Gasteiger partial charge in [-0.25, -0.2) is 18.1 Å². The highest BCUT2D eigenvalue weighted by atomic mass is 32.2. The molecule has 2 aromatic heterocycles. The predicted molar refractivity (Wildman–Crippen MR) is 80.5 cm³/mol. The Kier molecular flexibility index (Phi) is 3.52. The number of aromatic amines is 2. The molecule has 21 heavy (non-hydrogen) atoms. The fourth-order valence-corrected chi connectivity index (χ4v) is 3.27. The summed E-state index contributed by atoms with van der Waals surface area (Å²) in [4.78, 5) is 9.80. The Labute approximate surface area is 122 Å². The van der Waals surface area contributed by atoms with E-state index in [1.807, 2.05) is 30.5 Å². The number of aryl methyl sites for hydroxylation is 1. The van der Waals surface area contributed by atoms with Crippen molar-refractivity contribution in [2.24, 2.45) is 0 Å². The molecule has 0 fully saturated rings. The monoisotopic (exact) mass is 304 g/mol. The first-order valence-electron chi connectivity index (χ1n) is 6.62. The summed E-state index contributed by atoms with van der Waals surface area (Å²) in [6.45, 7) is 2.05. The van der Waals surface area contributed by atoms with Crippen LogP contribution in [0.5, 0.6) is 0 Å². The molecule has 0 atom stereocenters. The fourth-order valence-electron chi connectivity index (χ4n) is 2.27. The minimum Gasteiger partial charge on any atom is -0.361 e. The van der Waals surface area contributed by atoms with Crippen molar-refractivity contribution in [1.82, 2.24) is 19.7 Å². The van der Waals surface area contributed by atoms with Crippen molar-refractivity contribution in [1.29, 1.82) is 0 Å². The number of nitrogens with one attached hydrogen (secondary N) is 3. The Balaban J connectivity index is 1.69. The molecular weight excluding hydrogens is 288 g/mol. The van der Waals surface area contributed by atoms with Crippen molar-refractivity contribution in [3.63, 3.8) is 0 Å². The SMILES string of the molecule is Cc1ncc(S(=O)(=O)NCCc2c[nH]c3ccccc23)[nH]1. The van der Waals surface area contributed by atoms with E-state index in [2.05, 4.69) is 19.7 Å². The molecule has 0 unspecified atom stereocenters. The average molecular weight is 304 g/mol. The van der Waals surface area contributed by atoms with E-state index < -0.39 is 10.0 Å². The lowest BCUT2D eigenvalue weighted by atomic mass is 10.1. The predicted octanol–water partition coefficient (Wildman–Crippen LogP) is 1.72. The number of sulfonamides is 1. The van der Waals surface area contributed by atoms with Crippen LogP contribution in [0, 0.1) is 6.92 Å². The number of rotatable bonds is 5. The third-order valence-corrected chi connectivity index (χ3v) is 4.70. The molecule has 3 N–H and O–H groups in total. The molecule has 0 aliphatic heterocycles. The van der Waals surface area contributed by atoms with Gasteiger partial charge in [-0.1, -0.05) is 18.2 Å². The molecule has 0 aliphatic carbocycles. The van der Waals surface area contributed by atoms with E-state index in [1.165, 1.54) is 6.20 Å². The molecule has 3 aromatic rings. The lowest BCUT2D eigenvalue weighted by Crippen LogP contribution is -2.26. The van der Waals surface area contributed by atoms with Crippen LogP contribution in [0.4, 0.5) is 0 Å². The molecule has 0 bridgehead atoms. The lowest BCUT2D eigenvalue weighted by Gasteiger charge is -2.04. The molecule has 0 amide bonds. The molecule has 3 rings (SSSR count). The van der Waals surface area contributed by atoms with E-state index in [0.717, 1.165) is 16.5 Å². The number of fused-ring (bicyclic) bond motifs is 1. The highest BCUT2D eigenvalue weighted by Crippen LogP contribution is 2.17. The quantitative estimate of drug-likeness (QED) is 0.670.